The average molecular weight is 275 g/mol. The van der Waals surface area contributed by atoms with Gasteiger partial charge in [0, 0.05) is 24.6 Å². The van der Waals surface area contributed by atoms with Crippen LogP contribution < -0.4 is 5.56 Å². The van der Waals surface area contributed by atoms with Crippen molar-refractivity contribution in [3.8, 4) is 0 Å². The monoisotopic (exact) mass is 275 g/mol. The van der Waals surface area contributed by atoms with Gasteiger partial charge in [-0.15, -0.1) is 0 Å². The van der Waals surface area contributed by atoms with Crippen LogP contribution in [-0.2, 0) is 11.3 Å². The van der Waals surface area contributed by atoms with Crippen molar-refractivity contribution in [2.75, 3.05) is 6.54 Å². The molecular formula is C15H21N3O2. The third-order valence-corrected chi connectivity index (χ3v) is 4.29. The maximum absolute atomic E-state index is 12.4. The third-order valence-electron chi connectivity index (χ3n) is 4.29. The third kappa shape index (κ3) is 2.76. The van der Waals surface area contributed by atoms with Crippen LogP contribution >= 0.6 is 0 Å². The first-order valence-corrected chi connectivity index (χ1v) is 7.52. The smallest absolute Gasteiger partial charge is 0.267 e. The number of hydrogen-bond acceptors (Lipinski definition) is 3. The molecule has 1 aromatic rings. The number of rotatable bonds is 3. The summed E-state index contributed by atoms with van der Waals surface area (Å²) in [6, 6.07) is 3.61. The Hall–Kier alpha value is -1.65. The summed E-state index contributed by atoms with van der Waals surface area (Å²) in [4.78, 5) is 26.1. The molecule has 1 aliphatic carbocycles. The maximum Gasteiger partial charge on any atom is 0.267 e. The number of piperidine rings is 1. The van der Waals surface area contributed by atoms with Gasteiger partial charge in [-0.3, -0.25) is 9.59 Å². The van der Waals surface area contributed by atoms with Crippen molar-refractivity contribution in [1.29, 1.82) is 0 Å². The molecule has 1 amide bonds. The van der Waals surface area contributed by atoms with Gasteiger partial charge in [-0.25, -0.2) is 4.68 Å². The summed E-state index contributed by atoms with van der Waals surface area (Å²) in [6.45, 7) is 2.95. The molecule has 2 fully saturated rings. The molecule has 5 nitrogen and oxygen atoms in total. The van der Waals surface area contributed by atoms with Crippen molar-refractivity contribution in [1.82, 2.24) is 14.7 Å². The lowest BCUT2D eigenvalue weighted by Crippen LogP contribution is -2.45. The predicted octanol–water partition coefficient (Wildman–Crippen LogP) is 1.52. The van der Waals surface area contributed by atoms with E-state index in [0.29, 0.717) is 5.92 Å². The number of likely N-dealkylation sites (tertiary alicyclic amines) is 1. The van der Waals surface area contributed by atoms with Crippen molar-refractivity contribution in [2.24, 2.45) is 0 Å². The van der Waals surface area contributed by atoms with Crippen LogP contribution in [-0.4, -0.2) is 33.2 Å². The van der Waals surface area contributed by atoms with Gasteiger partial charge < -0.3 is 4.90 Å². The molecule has 1 unspecified atom stereocenters. The first-order valence-electron chi connectivity index (χ1n) is 7.52. The first kappa shape index (κ1) is 13.3. The van der Waals surface area contributed by atoms with Crippen LogP contribution in [0.15, 0.2) is 16.9 Å². The second-order valence-corrected chi connectivity index (χ2v) is 5.96. The van der Waals surface area contributed by atoms with E-state index in [2.05, 4.69) is 12.0 Å². The Morgan fingerprint density at radius 1 is 1.30 bits per heavy atom. The van der Waals surface area contributed by atoms with E-state index in [1.807, 2.05) is 4.90 Å². The maximum atomic E-state index is 12.4. The molecule has 0 bridgehead atoms. The summed E-state index contributed by atoms with van der Waals surface area (Å²) in [6.07, 6.45) is 5.57. The molecular weight excluding hydrogens is 254 g/mol. The highest BCUT2D eigenvalue weighted by Crippen LogP contribution is 2.38. The van der Waals surface area contributed by atoms with Crippen molar-refractivity contribution >= 4 is 5.91 Å². The second-order valence-electron chi connectivity index (χ2n) is 5.96. The van der Waals surface area contributed by atoms with Gasteiger partial charge in [0.05, 0.1) is 5.69 Å². The minimum atomic E-state index is -0.188. The number of carbonyl (C=O) groups is 1. The van der Waals surface area contributed by atoms with E-state index in [-0.39, 0.29) is 24.1 Å². The minimum absolute atomic E-state index is 0.0137. The van der Waals surface area contributed by atoms with Crippen molar-refractivity contribution in [3.05, 3.63) is 28.2 Å². The molecule has 2 heterocycles. The topological polar surface area (TPSA) is 55.2 Å². The fourth-order valence-corrected chi connectivity index (χ4v) is 2.86. The molecule has 5 heteroatoms. The van der Waals surface area contributed by atoms with Crippen LogP contribution in [0.5, 0.6) is 0 Å². The van der Waals surface area contributed by atoms with Crippen LogP contribution in [0.2, 0.25) is 0 Å². The number of nitrogens with zero attached hydrogens (tertiary/aromatic N) is 3. The standard InChI is InChI=1S/C15H21N3O2/c1-11-4-2-3-9-17(11)15(20)10-18-14(19)8-7-13(16-18)12-5-6-12/h7-8,11-12H,2-6,9-10H2,1H3. The summed E-state index contributed by atoms with van der Waals surface area (Å²) in [5.74, 6) is 0.505. The van der Waals surface area contributed by atoms with Crippen molar-refractivity contribution in [2.45, 2.75) is 57.5 Å². The summed E-state index contributed by atoms with van der Waals surface area (Å²) >= 11 is 0. The van der Waals surface area contributed by atoms with E-state index in [9.17, 15) is 9.59 Å². The van der Waals surface area contributed by atoms with Gasteiger partial charge in [0.15, 0.2) is 0 Å². The quantitative estimate of drug-likeness (QED) is 0.840. The molecule has 108 valence electrons. The Morgan fingerprint density at radius 3 is 2.80 bits per heavy atom. The van der Waals surface area contributed by atoms with E-state index in [1.54, 1.807) is 6.07 Å². The zero-order chi connectivity index (χ0) is 14.1. The number of carbonyl (C=O) groups excluding carboxylic acids is 1. The zero-order valence-corrected chi connectivity index (χ0v) is 11.9. The van der Waals surface area contributed by atoms with E-state index >= 15 is 0 Å². The molecule has 0 N–H and O–H groups in total. The van der Waals surface area contributed by atoms with Gasteiger partial charge in [0.2, 0.25) is 5.91 Å². The molecule has 1 saturated heterocycles. The Kier molecular flexibility index (Phi) is 3.59. The molecule has 3 rings (SSSR count). The van der Waals surface area contributed by atoms with Crippen LogP contribution in [0.25, 0.3) is 0 Å². The molecule has 1 aromatic heterocycles. The number of amides is 1. The van der Waals surface area contributed by atoms with Crippen molar-refractivity contribution in [3.63, 3.8) is 0 Å². The summed E-state index contributed by atoms with van der Waals surface area (Å²) in [5.41, 5.74) is 0.761. The Morgan fingerprint density at radius 2 is 2.10 bits per heavy atom. The Balaban J connectivity index is 1.74. The lowest BCUT2D eigenvalue weighted by atomic mass is 10.0. The molecule has 0 radical (unpaired) electrons. The van der Waals surface area contributed by atoms with E-state index < -0.39 is 0 Å². The van der Waals surface area contributed by atoms with Gasteiger partial charge in [-0.1, -0.05) is 0 Å². The Bertz CT molecular complexity index is 562. The summed E-state index contributed by atoms with van der Waals surface area (Å²) in [7, 11) is 0. The predicted molar refractivity (Wildman–Crippen MR) is 75.5 cm³/mol. The normalized spacial score (nSPS) is 22.9. The number of aromatic nitrogens is 2. The van der Waals surface area contributed by atoms with Crippen LogP contribution in [0, 0.1) is 0 Å². The molecule has 1 aliphatic heterocycles. The summed E-state index contributed by atoms with van der Waals surface area (Å²) < 4.78 is 1.33. The van der Waals surface area contributed by atoms with Gasteiger partial charge in [0.1, 0.15) is 6.54 Å². The highest BCUT2D eigenvalue weighted by Gasteiger charge is 2.27. The highest BCUT2D eigenvalue weighted by atomic mass is 16.2. The fraction of sp³-hybridized carbons (Fsp3) is 0.667. The van der Waals surface area contributed by atoms with E-state index in [0.717, 1.165) is 37.9 Å². The van der Waals surface area contributed by atoms with Gasteiger partial charge in [-0.2, -0.15) is 5.10 Å². The molecule has 1 atom stereocenters. The van der Waals surface area contributed by atoms with Gasteiger partial charge >= 0.3 is 0 Å². The Labute approximate surface area is 118 Å². The molecule has 20 heavy (non-hydrogen) atoms. The zero-order valence-electron chi connectivity index (χ0n) is 11.9. The SMILES string of the molecule is CC1CCCCN1C(=O)Cn1nc(C2CC2)ccc1=O. The van der Waals surface area contributed by atoms with Crippen molar-refractivity contribution < 1.29 is 4.79 Å². The van der Waals surface area contributed by atoms with Gasteiger partial charge in [-0.05, 0) is 45.1 Å². The minimum Gasteiger partial charge on any atom is -0.338 e. The molecule has 2 aliphatic rings. The summed E-state index contributed by atoms with van der Waals surface area (Å²) in [5, 5.41) is 4.35. The molecule has 0 spiro atoms. The van der Waals surface area contributed by atoms with Gasteiger partial charge in [0.25, 0.3) is 5.56 Å². The molecule has 1 saturated carbocycles. The fourth-order valence-electron chi connectivity index (χ4n) is 2.86. The van der Waals surface area contributed by atoms with E-state index in [4.69, 9.17) is 0 Å². The lowest BCUT2D eigenvalue weighted by molar-refractivity contribution is -0.135. The lowest BCUT2D eigenvalue weighted by Gasteiger charge is -2.33. The number of hydrogen-bond donors (Lipinski definition) is 0. The van der Waals surface area contributed by atoms with Crippen LogP contribution in [0.3, 0.4) is 0 Å². The average Bonchev–Trinajstić information content (AvgIpc) is 3.26. The first-order chi connectivity index (χ1) is 9.65. The van der Waals surface area contributed by atoms with E-state index in [1.165, 1.54) is 17.2 Å². The molecule has 0 aromatic carbocycles. The second kappa shape index (κ2) is 5.38. The highest BCUT2D eigenvalue weighted by molar-refractivity contribution is 5.76. The van der Waals surface area contributed by atoms with Crippen LogP contribution in [0.1, 0.15) is 50.6 Å². The van der Waals surface area contributed by atoms with Crippen LogP contribution in [0.4, 0.5) is 0 Å². The largest absolute Gasteiger partial charge is 0.338 e.